The van der Waals surface area contributed by atoms with E-state index >= 15 is 0 Å². The quantitative estimate of drug-likeness (QED) is 0.905. The highest BCUT2D eigenvalue weighted by molar-refractivity contribution is 5.92. The monoisotopic (exact) mass is 345 g/mol. The average Bonchev–Trinajstić information content (AvgIpc) is 2.94. The predicted octanol–water partition coefficient (Wildman–Crippen LogP) is 2.18. The molecular weight excluding hydrogens is 318 g/mol. The zero-order valence-corrected chi connectivity index (χ0v) is 15.1. The van der Waals surface area contributed by atoms with Gasteiger partial charge in [0, 0.05) is 25.3 Å². The van der Waals surface area contributed by atoms with Crippen LogP contribution in [-0.2, 0) is 4.79 Å². The first kappa shape index (κ1) is 17.9. The molecule has 2 aliphatic heterocycles. The third kappa shape index (κ3) is 3.68. The number of aryl methyl sites for hydroxylation is 1. The molecule has 0 saturated carbocycles. The molecule has 1 amide bonds. The molecule has 25 heavy (non-hydrogen) atoms. The van der Waals surface area contributed by atoms with Crippen LogP contribution in [0.25, 0.3) is 0 Å². The number of likely N-dealkylation sites (tertiary alicyclic amines) is 2. The summed E-state index contributed by atoms with van der Waals surface area (Å²) in [6.07, 6.45) is 3.40. The minimum Gasteiger partial charge on any atom is -0.480 e. The summed E-state index contributed by atoms with van der Waals surface area (Å²) in [4.78, 5) is 32.6. The number of carboxylic acid groups (broad SMARTS) is 1. The van der Waals surface area contributed by atoms with E-state index in [9.17, 15) is 14.7 Å². The topological polar surface area (TPSA) is 73.7 Å². The Hall–Kier alpha value is -1.95. The second-order valence-corrected chi connectivity index (χ2v) is 7.49. The van der Waals surface area contributed by atoms with Crippen molar-refractivity contribution in [2.24, 2.45) is 5.41 Å². The van der Waals surface area contributed by atoms with Gasteiger partial charge in [0.25, 0.3) is 5.91 Å². The minimum absolute atomic E-state index is 0.0169. The zero-order valence-electron chi connectivity index (χ0n) is 15.1. The molecule has 1 aromatic rings. The summed E-state index contributed by atoms with van der Waals surface area (Å²) >= 11 is 0. The maximum absolute atomic E-state index is 12.7. The van der Waals surface area contributed by atoms with Crippen molar-refractivity contribution in [2.45, 2.75) is 45.6 Å². The van der Waals surface area contributed by atoms with E-state index in [0.29, 0.717) is 25.2 Å². The summed E-state index contributed by atoms with van der Waals surface area (Å²) in [6, 6.07) is 5.13. The van der Waals surface area contributed by atoms with Crippen molar-refractivity contribution in [3.8, 4) is 0 Å². The Balaban J connectivity index is 1.65. The van der Waals surface area contributed by atoms with Crippen molar-refractivity contribution in [3.63, 3.8) is 0 Å². The molecule has 6 heteroatoms. The fraction of sp³-hybridized carbons (Fsp3) is 0.632. The van der Waals surface area contributed by atoms with Gasteiger partial charge in [-0.25, -0.2) is 4.98 Å². The lowest BCUT2D eigenvalue weighted by Crippen LogP contribution is -2.44. The number of pyridine rings is 1. The van der Waals surface area contributed by atoms with Gasteiger partial charge >= 0.3 is 5.97 Å². The predicted molar refractivity (Wildman–Crippen MR) is 94.4 cm³/mol. The third-order valence-corrected chi connectivity index (χ3v) is 5.62. The summed E-state index contributed by atoms with van der Waals surface area (Å²) in [7, 11) is 0. The SMILES string of the molecule is CCCN1CC2(CCN(C(=O)c3cccc(C)n3)CC2)C[C@@H]1C(=O)O. The van der Waals surface area contributed by atoms with E-state index in [1.54, 1.807) is 6.07 Å². The molecule has 0 aromatic carbocycles. The maximum Gasteiger partial charge on any atom is 0.320 e. The molecule has 2 fully saturated rings. The number of aromatic nitrogens is 1. The van der Waals surface area contributed by atoms with Crippen LogP contribution in [0.15, 0.2) is 18.2 Å². The Kier molecular flexibility index (Phi) is 5.08. The molecule has 1 N–H and O–H groups in total. The fourth-order valence-electron chi connectivity index (χ4n) is 4.28. The van der Waals surface area contributed by atoms with Crippen LogP contribution in [0.4, 0.5) is 0 Å². The largest absolute Gasteiger partial charge is 0.480 e. The van der Waals surface area contributed by atoms with Gasteiger partial charge in [-0.2, -0.15) is 0 Å². The van der Waals surface area contributed by atoms with E-state index in [4.69, 9.17) is 0 Å². The van der Waals surface area contributed by atoms with Gasteiger partial charge in [0.05, 0.1) is 0 Å². The smallest absolute Gasteiger partial charge is 0.320 e. The molecule has 1 atom stereocenters. The van der Waals surface area contributed by atoms with E-state index < -0.39 is 5.97 Å². The average molecular weight is 345 g/mol. The van der Waals surface area contributed by atoms with Gasteiger partial charge in [-0.1, -0.05) is 13.0 Å². The highest BCUT2D eigenvalue weighted by Crippen LogP contribution is 2.43. The summed E-state index contributed by atoms with van der Waals surface area (Å²) in [5, 5.41) is 9.52. The number of hydrogen-bond donors (Lipinski definition) is 1. The molecule has 0 unspecified atom stereocenters. The minimum atomic E-state index is -0.715. The lowest BCUT2D eigenvalue weighted by molar-refractivity contribution is -0.142. The van der Waals surface area contributed by atoms with E-state index in [-0.39, 0.29) is 17.4 Å². The molecule has 0 aliphatic carbocycles. The first-order valence-corrected chi connectivity index (χ1v) is 9.14. The van der Waals surface area contributed by atoms with Crippen LogP contribution in [0.3, 0.4) is 0 Å². The van der Waals surface area contributed by atoms with Gasteiger partial charge in [0.1, 0.15) is 11.7 Å². The molecule has 2 aliphatic rings. The van der Waals surface area contributed by atoms with Crippen LogP contribution in [0.5, 0.6) is 0 Å². The van der Waals surface area contributed by atoms with Crippen LogP contribution in [0, 0.1) is 12.3 Å². The van der Waals surface area contributed by atoms with Crippen LogP contribution in [0.2, 0.25) is 0 Å². The number of hydrogen-bond acceptors (Lipinski definition) is 4. The Bertz CT molecular complexity index is 653. The summed E-state index contributed by atoms with van der Waals surface area (Å²) in [6.45, 7) is 6.99. The standard InChI is InChI=1S/C19H27N3O3/c1-3-9-22-13-19(12-16(22)18(24)25)7-10-21(11-8-19)17(23)15-6-4-5-14(2)20-15/h4-6,16H,3,7-13H2,1-2H3,(H,24,25)/t16-/m1/s1. The molecule has 3 rings (SSSR count). The summed E-state index contributed by atoms with van der Waals surface area (Å²) in [5.41, 5.74) is 1.38. The molecule has 1 spiro atoms. The maximum atomic E-state index is 12.7. The Morgan fingerprint density at radius 2 is 2.04 bits per heavy atom. The van der Waals surface area contributed by atoms with Gasteiger partial charge < -0.3 is 10.0 Å². The Morgan fingerprint density at radius 3 is 2.64 bits per heavy atom. The number of aliphatic carboxylic acids is 1. The van der Waals surface area contributed by atoms with Crippen molar-refractivity contribution in [1.82, 2.24) is 14.8 Å². The Morgan fingerprint density at radius 1 is 1.32 bits per heavy atom. The third-order valence-electron chi connectivity index (χ3n) is 5.62. The number of carbonyl (C=O) groups excluding carboxylic acids is 1. The van der Waals surface area contributed by atoms with Crippen molar-refractivity contribution >= 4 is 11.9 Å². The van der Waals surface area contributed by atoms with Gasteiger partial charge in [-0.3, -0.25) is 14.5 Å². The van der Waals surface area contributed by atoms with Gasteiger partial charge in [0.15, 0.2) is 0 Å². The van der Waals surface area contributed by atoms with E-state index in [0.717, 1.165) is 38.0 Å². The van der Waals surface area contributed by atoms with Crippen LogP contribution < -0.4 is 0 Å². The first-order chi connectivity index (χ1) is 11.9. The lowest BCUT2D eigenvalue weighted by Gasteiger charge is -2.39. The van der Waals surface area contributed by atoms with E-state index in [2.05, 4.69) is 16.8 Å². The summed E-state index contributed by atoms with van der Waals surface area (Å²) in [5.74, 6) is -0.732. The molecule has 1 aromatic heterocycles. The molecule has 3 heterocycles. The first-order valence-electron chi connectivity index (χ1n) is 9.14. The van der Waals surface area contributed by atoms with Crippen LogP contribution in [0.1, 0.15) is 48.8 Å². The van der Waals surface area contributed by atoms with Crippen molar-refractivity contribution < 1.29 is 14.7 Å². The number of piperidine rings is 1. The molecule has 6 nitrogen and oxygen atoms in total. The van der Waals surface area contributed by atoms with Gasteiger partial charge in [-0.15, -0.1) is 0 Å². The summed E-state index contributed by atoms with van der Waals surface area (Å²) < 4.78 is 0. The lowest BCUT2D eigenvalue weighted by atomic mass is 9.76. The number of carbonyl (C=O) groups is 2. The molecule has 136 valence electrons. The number of amides is 1. The van der Waals surface area contributed by atoms with Crippen molar-refractivity contribution in [3.05, 3.63) is 29.6 Å². The van der Waals surface area contributed by atoms with E-state index in [1.165, 1.54) is 0 Å². The number of carboxylic acids is 1. The molecule has 2 saturated heterocycles. The number of nitrogens with zero attached hydrogens (tertiary/aromatic N) is 3. The van der Waals surface area contributed by atoms with Crippen molar-refractivity contribution in [1.29, 1.82) is 0 Å². The van der Waals surface area contributed by atoms with Crippen molar-refractivity contribution in [2.75, 3.05) is 26.2 Å². The second kappa shape index (κ2) is 7.12. The zero-order chi connectivity index (χ0) is 18.0. The number of rotatable bonds is 4. The Labute approximate surface area is 148 Å². The molecule has 0 radical (unpaired) electrons. The highest BCUT2D eigenvalue weighted by atomic mass is 16.4. The molecule has 0 bridgehead atoms. The normalized spacial score (nSPS) is 23.1. The second-order valence-electron chi connectivity index (χ2n) is 7.49. The van der Waals surface area contributed by atoms with Gasteiger partial charge in [0.2, 0.25) is 0 Å². The van der Waals surface area contributed by atoms with Crippen LogP contribution >= 0.6 is 0 Å². The van der Waals surface area contributed by atoms with E-state index in [1.807, 2.05) is 24.0 Å². The fourth-order valence-corrected chi connectivity index (χ4v) is 4.28. The van der Waals surface area contributed by atoms with Gasteiger partial charge in [-0.05, 0) is 56.7 Å². The molecular formula is C19H27N3O3. The highest BCUT2D eigenvalue weighted by Gasteiger charge is 2.48. The van der Waals surface area contributed by atoms with Crippen LogP contribution in [-0.4, -0.2) is 64.0 Å².